The van der Waals surface area contributed by atoms with Crippen molar-refractivity contribution in [3.8, 4) is 0 Å². The number of aromatic nitrogens is 2. The molecule has 0 amide bonds. The molecule has 1 rings (SSSR count). The van der Waals surface area contributed by atoms with Crippen molar-refractivity contribution in [2.45, 2.75) is 26.3 Å². The Balaban J connectivity index is 3.01. The van der Waals surface area contributed by atoms with Crippen LogP contribution in [0.4, 0.5) is 5.82 Å². The molecular weight excluding hydrogens is 220 g/mol. The van der Waals surface area contributed by atoms with Gasteiger partial charge in [-0.3, -0.25) is 0 Å². The fraction of sp³-hybridized carbons (Fsp3) is 0.545. The van der Waals surface area contributed by atoms with Gasteiger partial charge < -0.3 is 15.8 Å². The lowest BCUT2D eigenvalue weighted by molar-refractivity contribution is 0.0586. The number of hydrogen-bond acceptors (Lipinski definition) is 6. The standard InChI is InChI=1S/C11H18N4O2/c1-7-5-8(15-11(2,3)6-12)14-9(13-7)10(16)17-4/h5H,6,12H2,1-4H3,(H,13,14,15). The Labute approximate surface area is 101 Å². The molecule has 0 spiro atoms. The van der Waals surface area contributed by atoms with Crippen LogP contribution in [0.1, 0.15) is 30.2 Å². The van der Waals surface area contributed by atoms with Crippen molar-refractivity contribution < 1.29 is 9.53 Å². The largest absolute Gasteiger partial charge is 0.463 e. The zero-order chi connectivity index (χ0) is 13.1. The highest BCUT2D eigenvalue weighted by atomic mass is 16.5. The van der Waals surface area contributed by atoms with E-state index in [1.165, 1.54) is 7.11 Å². The Bertz CT molecular complexity index is 418. The second-order valence-corrected chi connectivity index (χ2v) is 4.42. The van der Waals surface area contributed by atoms with Gasteiger partial charge in [0.2, 0.25) is 5.82 Å². The van der Waals surface area contributed by atoms with E-state index in [9.17, 15) is 4.79 Å². The lowest BCUT2D eigenvalue weighted by Gasteiger charge is -2.25. The van der Waals surface area contributed by atoms with Gasteiger partial charge in [0.15, 0.2) is 0 Å². The van der Waals surface area contributed by atoms with E-state index in [0.29, 0.717) is 18.1 Å². The third-order valence-corrected chi connectivity index (χ3v) is 2.20. The molecule has 0 aliphatic carbocycles. The Morgan fingerprint density at radius 1 is 1.53 bits per heavy atom. The number of ether oxygens (including phenoxy) is 1. The lowest BCUT2D eigenvalue weighted by Crippen LogP contribution is -2.39. The lowest BCUT2D eigenvalue weighted by atomic mass is 10.1. The van der Waals surface area contributed by atoms with Crippen molar-refractivity contribution >= 4 is 11.8 Å². The molecule has 0 saturated heterocycles. The summed E-state index contributed by atoms with van der Waals surface area (Å²) in [6.45, 7) is 6.13. The molecule has 0 aliphatic rings. The van der Waals surface area contributed by atoms with E-state index in [1.807, 2.05) is 13.8 Å². The van der Waals surface area contributed by atoms with Gasteiger partial charge in [0, 0.05) is 23.8 Å². The topological polar surface area (TPSA) is 90.1 Å². The number of nitrogens with zero attached hydrogens (tertiary/aromatic N) is 2. The van der Waals surface area contributed by atoms with Crippen LogP contribution in [0.15, 0.2) is 6.07 Å². The number of methoxy groups -OCH3 is 1. The number of aryl methyl sites for hydroxylation is 1. The molecule has 17 heavy (non-hydrogen) atoms. The van der Waals surface area contributed by atoms with Crippen molar-refractivity contribution in [2.75, 3.05) is 19.0 Å². The zero-order valence-corrected chi connectivity index (χ0v) is 10.6. The summed E-state index contributed by atoms with van der Waals surface area (Å²) in [5.41, 5.74) is 6.01. The third-order valence-electron chi connectivity index (χ3n) is 2.20. The van der Waals surface area contributed by atoms with Crippen LogP contribution in [0.25, 0.3) is 0 Å². The molecule has 0 fully saturated rings. The van der Waals surface area contributed by atoms with Gasteiger partial charge >= 0.3 is 5.97 Å². The summed E-state index contributed by atoms with van der Waals surface area (Å²) in [5, 5.41) is 3.14. The highest BCUT2D eigenvalue weighted by Gasteiger charge is 2.18. The molecule has 94 valence electrons. The minimum absolute atomic E-state index is 0.0443. The van der Waals surface area contributed by atoms with Crippen molar-refractivity contribution in [2.24, 2.45) is 5.73 Å². The van der Waals surface area contributed by atoms with E-state index in [4.69, 9.17) is 5.73 Å². The third kappa shape index (κ3) is 3.67. The average Bonchev–Trinajstić information content (AvgIpc) is 2.26. The van der Waals surface area contributed by atoms with Gasteiger partial charge in [-0.05, 0) is 20.8 Å². The van der Waals surface area contributed by atoms with E-state index >= 15 is 0 Å². The molecule has 6 nitrogen and oxygen atoms in total. The van der Waals surface area contributed by atoms with E-state index < -0.39 is 5.97 Å². The molecular formula is C11H18N4O2. The van der Waals surface area contributed by atoms with Gasteiger partial charge in [-0.2, -0.15) is 0 Å². The molecule has 1 aromatic heterocycles. The van der Waals surface area contributed by atoms with Gasteiger partial charge in [-0.1, -0.05) is 0 Å². The number of rotatable bonds is 4. The second kappa shape index (κ2) is 5.09. The van der Waals surface area contributed by atoms with Crippen LogP contribution in [-0.2, 0) is 4.74 Å². The maximum Gasteiger partial charge on any atom is 0.376 e. The van der Waals surface area contributed by atoms with Gasteiger partial charge in [0.05, 0.1) is 7.11 Å². The normalized spacial score (nSPS) is 11.1. The molecule has 3 N–H and O–H groups in total. The first-order valence-electron chi connectivity index (χ1n) is 5.30. The van der Waals surface area contributed by atoms with Crippen LogP contribution < -0.4 is 11.1 Å². The molecule has 0 bridgehead atoms. The number of nitrogens with one attached hydrogen (secondary N) is 1. The van der Waals surface area contributed by atoms with Crippen LogP contribution in [0.3, 0.4) is 0 Å². The summed E-state index contributed by atoms with van der Waals surface area (Å²) >= 11 is 0. The SMILES string of the molecule is COC(=O)c1nc(C)cc(NC(C)(C)CN)n1. The first kappa shape index (κ1) is 13.4. The van der Waals surface area contributed by atoms with Gasteiger partial charge in [-0.25, -0.2) is 14.8 Å². The zero-order valence-electron chi connectivity index (χ0n) is 10.6. The summed E-state index contributed by atoms with van der Waals surface area (Å²) in [5.74, 6) is 0.0541. The molecule has 0 saturated carbocycles. The van der Waals surface area contributed by atoms with Crippen LogP contribution in [0.2, 0.25) is 0 Å². The first-order valence-corrected chi connectivity index (χ1v) is 5.30. The number of carbonyl (C=O) groups excluding carboxylic acids is 1. The summed E-state index contributed by atoms with van der Waals surface area (Å²) in [7, 11) is 1.30. The Morgan fingerprint density at radius 2 is 2.18 bits per heavy atom. The number of carbonyl (C=O) groups is 1. The van der Waals surface area contributed by atoms with Gasteiger partial charge in [-0.15, -0.1) is 0 Å². The van der Waals surface area contributed by atoms with Crippen LogP contribution in [-0.4, -0.2) is 35.1 Å². The predicted molar refractivity (Wildman–Crippen MR) is 64.9 cm³/mol. The molecule has 6 heteroatoms. The highest BCUT2D eigenvalue weighted by Crippen LogP contribution is 2.13. The van der Waals surface area contributed by atoms with E-state index in [1.54, 1.807) is 13.0 Å². The smallest absolute Gasteiger partial charge is 0.376 e. The molecule has 0 aromatic carbocycles. The summed E-state index contributed by atoms with van der Waals surface area (Å²) in [4.78, 5) is 19.4. The second-order valence-electron chi connectivity index (χ2n) is 4.42. The maximum absolute atomic E-state index is 11.4. The van der Waals surface area contributed by atoms with Crippen molar-refractivity contribution in [1.82, 2.24) is 9.97 Å². The molecule has 0 atom stereocenters. The summed E-state index contributed by atoms with van der Waals surface area (Å²) in [6, 6.07) is 1.75. The fourth-order valence-corrected chi connectivity index (χ4v) is 1.21. The highest BCUT2D eigenvalue weighted by molar-refractivity contribution is 5.85. The van der Waals surface area contributed by atoms with E-state index in [0.717, 1.165) is 0 Å². The van der Waals surface area contributed by atoms with Gasteiger partial charge in [0.1, 0.15) is 5.82 Å². The number of esters is 1. The quantitative estimate of drug-likeness (QED) is 0.751. The molecule has 1 heterocycles. The van der Waals surface area contributed by atoms with Crippen LogP contribution >= 0.6 is 0 Å². The average molecular weight is 238 g/mol. The van der Waals surface area contributed by atoms with Crippen molar-refractivity contribution in [3.05, 3.63) is 17.6 Å². The molecule has 0 radical (unpaired) electrons. The minimum Gasteiger partial charge on any atom is -0.463 e. The van der Waals surface area contributed by atoms with Crippen molar-refractivity contribution in [3.63, 3.8) is 0 Å². The Kier molecular flexibility index (Phi) is 4.01. The predicted octanol–water partition coefficient (Wildman–Crippen LogP) is 0.721. The molecule has 1 aromatic rings. The van der Waals surface area contributed by atoms with Crippen LogP contribution in [0, 0.1) is 6.92 Å². The van der Waals surface area contributed by atoms with Crippen LogP contribution in [0.5, 0.6) is 0 Å². The number of nitrogens with two attached hydrogens (primary N) is 1. The number of anilines is 1. The van der Waals surface area contributed by atoms with Gasteiger partial charge in [0.25, 0.3) is 0 Å². The monoisotopic (exact) mass is 238 g/mol. The van der Waals surface area contributed by atoms with Crippen molar-refractivity contribution in [1.29, 1.82) is 0 Å². The summed E-state index contributed by atoms with van der Waals surface area (Å²) in [6.07, 6.45) is 0. The summed E-state index contributed by atoms with van der Waals surface area (Å²) < 4.78 is 4.59. The first-order chi connectivity index (χ1) is 7.88. The Hall–Kier alpha value is -1.69. The number of hydrogen-bond donors (Lipinski definition) is 2. The maximum atomic E-state index is 11.4. The van der Waals surface area contributed by atoms with E-state index in [2.05, 4.69) is 20.0 Å². The van der Waals surface area contributed by atoms with E-state index in [-0.39, 0.29) is 11.4 Å². The Morgan fingerprint density at radius 3 is 2.71 bits per heavy atom. The minimum atomic E-state index is -0.553. The molecule has 0 unspecified atom stereocenters. The fourth-order valence-electron chi connectivity index (χ4n) is 1.21. The molecule has 0 aliphatic heterocycles.